The molecular formula is C94H86N6O. The van der Waals surface area contributed by atoms with E-state index in [0.717, 1.165) is 80.9 Å². The van der Waals surface area contributed by atoms with E-state index < -0.39 is 0 Å². The van der Waals surface area contributed by atoms with Crippen LogP contribution in [0.2, 0.25) is 0 Å². The van der Waals surface area contributed by atoms with E-state index in [0.29, 0.717) is 0 Å². The fraction of sp³-hybridized carbons (Fsp3) is 0.0745. The number of methoxy groups -OCH3 is 1. The number of anilines is 9. The van der Waals surface area contributed by atoms with Gasteiger partial charge < -0.3 is 36.7 Å². The normalized spacial score (nSPS) is 11.0. The van der Waals surface area contributed by atoms with Gasteiger partial charge in [0, 0.05) is 78.1 Å². The molecule has 498 valence electrons. The van der Waals surface area contributed by atoms with Crippen molar-refractivity contribution in [2.24, 2.45) is 0 Å². The number of ether oxygens (including phenoxy) is 1. The molecule has 0 amide bonds. The van der Waals surface area contributed by atoms with Crippen LogP contribution in [0.5, 0.6) is 5.75 Å². The molecule has 0 heterocycles. The van der Waals surface area contributed by atoms with Crippen molar-refractivity contribution in [3.05, 3.63) is 382 Å². The van der Waals surface area contributed by atoms with Crippen LogP contribution in [0.4, 0.5) is 51.2 Å². The van der Waals surface area contributed by atoms with Crippen LogP contribution in [0, 0.1) is 5.41 Å². The molecule has 0 spiro atoms. The van der Waals surface area contributed by atoms with Crippen LogP contribution in [-0.4, -0.2) is 13.3 Å². The van der Waals surface area contributed by atoms with Crippen molar-refractivity contribution in [2.75, 3.05) is 33.7 Å². The van der Waals surface area contributed by atoms with Crippen molar-refractivity contribution < 1.29 is 4.74 Å². The standard InChI is InChI=1S/C22H19N.C20H15N.C20H21N.C17H15NO.C15H16N2/c1-3-8-17(4-2)18-13-15-20(16-14-18)23-22-12-7-10-19-9-5-6-11-21(19)22;1-2-8-17-14-18(13-12-15(17)6-1)21-20-11-5-9-16-7-3-4-10-19(16)20;1-20(2,3)16-11-13-17(14-12-16)21-19-10-6-8-15-7-4-5-9-18(15)19;1-19-15-11-9-14(10-12-15)18-17-8-4-6-13-5-2-3-7-16(13)17;16-11-4-1-5-12-17-15-10-6-8-13-7-2-3-9-14(13)15/h3-16,23H,1-2H2;1-14,21H;4-14,21H,1-3H3;2-12,18H,1H3;2-3,5-12,16-17H,1,4H2/b17-8+;;;;12-5+,16-11?. The first-order valence-electron chi connectivity index (χ1n) is 34.2. The second-order valence-corrected chi connectivity index (χ2v) is 25.2. The lowest BCUT2D eigenvalue weighted by molar-refractivity contribution is 0.415. The summed E-state index contributed by atoms with van der Waals surface area (Å²) in [5.74, 6) is 0.864. The SMILES string of the molecule is C=C/C=C(\C=C)c1ccc(Nc2cccc3ccccc23)cc1.CC(C)(C)c1ccc(Nc2cccc3ccccc23)cc1.COc1ccc(Nc2cccc3ccccc23)cc1.N=CCC/C=C/Nc1cccc2ccccc12.c1ccc2cc(Nc3cccc4ccccc34)ccc2c1. The van der Waals surface area contributed by atoms with Gasteiger partial charge in [0.05, 0.1) is 7.11 Å². The molecule has 7 nitrogen and oxygen atoms in total. The van der Waals surface area contributed by atoms with E-state index in [2.05, 4.69) is 352 Å². The maximum Gasteiger partial charge on any atom is 0.119 e. The van der Waals surface area contributed by atoms with Gasteiger partial charge in [-0.2, -0.15) is 0 Å². The Labute approximate surface area is 595 Å². The van der Waals surface area contributed by atoms with Crippen LogP contribution in [0.3, 0.4) is 0 Å². The molecule has 6 N–H and O–H groups in total. The zero-order valence-electron chi connectivity index (χ0n) is 57.9. The molecule has 0 radical (unpaired) electrons. The minimum Gasteiger partial charge on any atom is -0.497 e. The number of allylic oxidation sites excluding steroid dienone is 5. The Balaban J connectivity index is 0.000000128. The van der Waals surface area contributed by atoms with Crippen LogP contribution < -0.4 is 31.3 Å². The molecule has 0 saturated heterocycles. The molecule has 0 aromatic heterocycles. The van der Waals surface area contributed by atoms with Gasteiger partial charge in [0.15, 0.2) is 0 Å². The summed E-state index contributed by atoms with van der Waals surface area (Å²) in [5.41, 5.74) is 13.7. The average Bonchev–Trinajstić information content (AvgIpc) is 0.857. The van der Waals surface area contributed by atoms with Crippen molar-refractivity contribution in [1.29, 1.82) is 5.41 Å². The van der Waals surface area contributed by atoms with Gasteiger partial charge >= 0.3 is 0 Å². The van der Waals surface area contributed by atoms with Gasteiger partial charge in [0.1, 0.15) is 5.75 Å². The monoisotopic (exact) mass is 1310 g/mol. The van der Waals surface area contributed by atoms with Crippen molar-refractivity contribution in [3.8, 4) is 5.75 Å². The molecule has 0 aliphatic carbocycles. The molecule has 0 aliphatic rings. The summed E-state index contributed by atoms with van der Waals surface area (Å²) >= 11 is 0. The third-order valence-electron chi connectivity index (χ3n) is 17.2. The van der Waals surface area contributed by atoms with E-state index >= 15 is 0 Å². The summed E-state index contributed by atoms with van der Waals surface area (Å²) in [7, 11) is 1.67. The maximum absolute atomic E-state index is 6.93. The lowest BCUT2D eigenvalue weighted by atomic mass is 9.87. The van der Waals surface area contributed by atoms with Crippen molar-refractivity contribution in [2.45, 2.75) is 39.0 Å². The van der Waals surface area contributed by atoms with E-state index in [1.165, 1.54) is 76.4 Å². The second kappa shape index (κ2) is 35.0. The highest BCUT2D eigenvalue weighted by atomic mass is 16.5. The highest BCUT2D eigenvalue weighted by molar-refractivity contribution is 5.99. The van der Waals surface area contributed by atoms with Crippen LogP contribution in [0.1, 0.15) is 44.7 Å². The average molecular weight is 1320 g/mol. The molecule has 15 aromatic carbocycles. The topological polar surface area (TPSA) is 93.2 Å². The van der Waals surface area contributed by atoms with Gasteiger partial charge in [-0.05, 0) is 176 Å². The predicted octanol–water partition coefficient (Wildman–Crippen LogP) is 26.7. The zero-order chi connectivity index (χ0) is 70.0. The summed E-state index contributed by atoms with van der Waals surface area (Å²) < 4.78 is 5.16. The lowest BCUT2D eigenvalue weighted by Crippen LogP contribution is -2.10. The first-order chi connectivity index (χ1) is 49.5. The number of nitrogens with one attached hydrogen (secondary N) is 6. The van der Waals surface area contributed by atoms with Gasteiger partial charge in [0.25, 0.3) is 0 Å². The lowest BCUT2D eigenvalue weighted by Gasteiger charge is -2.19. The summed E-state index contributed by atoms with van der Waals surface area (Å²) in [6, 6.07) is 113. The van der Waals surface area contributed by atoms with Gasteiger partial charge in [-0.25, -0.2) is 0 Å². The highest BCUT2D eigenvalue weighted by Gasteiger charge is 2.13. The van der Waals surface area contributed by atoms with Crippen LogP contribution >= 0.6 is 0 Å². The Bertz CT molecular complexity index is 5270. The van der Waals surface area contributed by atoms with Crippen LogP contribution in [0.25, 0.3) is 70.2 Å². The molecule has 15 aromatic rings. The molecule has 0 unspecified atom stereocenters. The Morgan fingerprint density at radius 2 is 0.713 bits per heavy atom. The molecule has 0 bridgehead atoms. The fourth-order valence-electron chi connectivity index (χ4n) is 11.9. The summed E-state index contributed by atoms with van der Waals surface area (Å²) in [6.45, 7) is 14.3. The molecule has 101 heavy (non-hydrogen) atoms. The van der Waals surface area contributed by atoms with E-state index in [1.807, 2.05) is 60.8 Å². The largest absolute Gasteiger partial charge is 0.497 e. The van der Waals surface area contributed by atoms with Gasteiger partial charge in [0.2, 0.25) is 0 Å². The number of hydrogen-bond acceptors (Lipinski definition) is 7. The quantitative estimate of drug-likeness (QED) is 0.0309. The smallest absolute Gasteiger partial charge is 0.119 e. The number of benzene rings is 15. The van der Waals surface area contributed by atoms with Crippen LogP contribution in [-0.2, 0) is 5.41 Å². The minimum absolute atomic E-state index is 0.192. The van der Waals surface area contributed by atoms with E-state index in [1.54, 1.807) is 13.2 Å². The first kappa shape index (κ1) is 69.6. The Kier molecular flexibility index (Phi) is 24.1. The Hall–Kier alpha value is -12.7. The van der Waals surface area contributed by atoms with Gasteiger partial charge in [-0.1, -0.05) is 295 Å². The molecule has 0 fully saturated rings. The number of fused-ring (bicyclic) bond motifs is 6. The highest BCUT2D eigenvalue weighted by Crippen LogP contribution is 2.33. The molecule has 0 aliphatic heterocycles. The summed E-state index contributed by atoms with van der Waals surface area (Å²) in [6.07, 6.45) is 12.7. The first-order valence-corrected chi connectivity index (χ1v) is 34.2. The number of unbranched alkanes of at least 4 members (excludes halogenated alkanes) is 1. The third-order valence-corrected chi connectivity index (χ3v) is 17.2. The maximum atomic E-state index is 6.93. The Morgan fingerprint density at radius 1 is 0.366 bits per heavy atom. The molecular weight excluding hydrogens is 1230 g/mol. The Morgan fingerprint density at radius 3 is 1.11 bits per heavy atom. The molecule has 0 saturated carbocycles. The van der Waals surface area contributed by atoms with Gasteiger partial charge in [-0.15, -0.1) is 0 Å². The molecule has 7 heteroatoms. The number of hydrogen-bond donors (Lipinski definition) is 6. The number of rotatable bonds is 17. The third kappa shape index (κ3) is 19.1. The fourth-order valence-corrected chi connectivity index (χ4v) is 11.9. The zero-order valence-corrected chi connectivity index (χ0v) is 57.9. The van der Waals surface area contributed by atoms with E-state index in [9.17, 15) is 0 Å². The molecule has 15 rings (SSSR count). The van der Waals surface area contributed by atoms with Gasteiger partial charge in [-0.3, -0.25) is 0 Å². The van der Waals surface area contributed by atoms with E-state index in [4.69, 9.17) is 10.1 Å². The van der Waals surface area contributed by atoms with Crippen molar-refractivity contribution in [3.63, 3.8) is 0 Å². The minimum atomic E-state index is 0.192. The van der Waals surface area contributed by atoms with Crippen LogP contribution in [0.15, 0.2) is 371 Å². The summed E-state index contributed by atoms with van der Waals surface area (Å²) in [4.78, 5) is 0. The molecule has 0 atom stereocenters. The predicted molar refractivity (Wildman–Crippen MR) is 441 cm³/mol. The van der Waals surface area contributed by atoms with Crippen molar-refractivity contribution in [1.82, 2.24) is 0 Å². The van der Waals surface area contributed by atoms with Crippen molar-refractivity contribution >= 4 is 128 Å². The van der Waals surface area contributed by atoms with E-state index in [-0.39, 0.29) is 5.41 Å². The summed E-state index contributed by atoms with van der Waals surface area (Å²) in [5, 5.41) is 39.1. The second-order valence-electron chi connectivity index (χ2n) is 25.2.